The van der Waals surface area contributed by atoms with Crippen molar-refractivity contribution in [2.45, 2.75) is 79.1 Å². The summed E-state index contributed by atoms with van der Waals surface area (Å²) in [4.78, 5) is 14.5. The average Bonchev–Trinajstić information content (AvgIpc) is 3.87. The van der Waals surface area contributed by atoms with E-state index in [4.69, 9.17) is 4.98 Å². The number of phenols is 1. The summed E-state index contributed by atoms with van der Waals surface area (Å²) in [6, 6.07) is 76.0. The molecule has 77 heavy (non-hydrogen) atoms. The fourth-order valence-electron chi connectivity index (χ4n) is 10.3. The number of hydrogen-bond donors (Lipinski definition) is 1. The molecule has 5 nitrogen and oxygen atoms in total. The maximum Gasteiger partial charge on any atom is 0.148 e. The van der Waals surface area contributed by atoms with Crippen molar-refractivity contribution in [3.8, 4) is 89.8 Å². The van der Waals surface area contributed by atoms with E-state index in [9.17, 15) is 5.11 Å². The number of fused-ring (bicyclic) bond motifs is 1. The first-order valence-corrected chi connectivity index (χ1v) is 26.6. The van der Waals surface area contributed by atoms with Gasteiger partial charge in [-0.05, 0) is 116 Å². The maximum atomic E-state index is 11.0. The molecular formula is C71H64IrN4O-2. The number of aromatic nitrogens is 4. The van der Waals surface area contributed by atoms with Gasteiger partial charge >= 0.3 is 0 Å². The Kier molecular flexibility index (Phi) is 16.7. The Hall–Kier alpha value is -8.02. The first kappa shape index (κ1) is 53.8. The van der Waals surface area contributed by atoms with Crippen molar-refractivity contribution in [3.63, 3.8) is 0 Å². The van der Waals surface area contributed by atoms with Crippen LogP contribution in [0.2, 0.25) is 0 Å². The third kappa shape index (κ3) is 11.4. The van der Waals surface area contributed by atoms with E-state index in [0.29, 0.717) is 17.4 Å². The second-order valence-electron chi connectivity index (χ2n) is 20.7. The zero-order valence-corrected chi connectivity index (χ0v) is 47.5. The molecule has 0 aliphatic rings. The van der Waals surface area contributed by atoms with Gasteiger partial charge < -0.3 is 5.11 Å². The smallest absolute Gasteiger partial charge is 0.148 e. The quantitative estimate of drug-likeness (QED) is 0.124. The molecular weight excluding hydrogens is 1120 g/mol. The van der Waals surface area contributed by atoms with E-state index in [1.54, 1.807) is 6.07 Å². The molecule has 8 aromatic carbocycles. The number of pyridine rings is 2. The fourth-order valence-corrected chi connectivity index (χ4v) is 10.3. The zero-order valence-electron chi connectivity index (χ0n) is 45.1. The van der Waals surface area contributed by atoms with Crippen LogP contribution in [0.3, 0.4) is 0 Å². The Balaban J connectivity index is 0.000000186. The Morgan fingerprint density at radius 2 is 0.909 bits per heavy atom. The average molecular weight is 1180 g/mol. The van der Waals surface area contributed by atoms with Gasteiger partial charge in [-0.15, -0.1) is 54.1 Å². The van der Waals surface area contributed by atoms with Crippen LogP contribution < -0.4 is 0 Å². The Morgan fingerprint density at radius 1 is 0.429 bits per heavy atom. The van der Waals surface area contributed by atoms with Gasteiger partial charge in [-0.3, -0.25) is 14.5 Å². The molecule has 0 bridgehead atoms. The van der Waals surface area contributed by atoms with Crippen LogP contribution in [0.4, 0.5) is 0 Å². The summed E-state index contributed by atoms with van der Waals surface area (Å²) in [5, 5.41) is 11.0. The van der Waals surface area contributed by atoms with E-state index in [-0.39, 0.29) is 37.7 Å². The predicted molar refractivity (Wildman–Crippen MR) is 317 cm³/mol. The molecule has 3 heterocycles. The van der Waals surface area contributed by atoms with Crippen molar-refractivity contribution >= 4 is 11.0 Å². The molecule has 1 radical (unpaired) electrons. The van der Waals surface area contributed by atoms with Crippen LogP contribution in [-0.2, 0) is 20.1 Å². The number of hydrogen-bond acceptors (Lipinski definition) is 4. The van der Waals surface area contributed by atoms with E-state index < -0.39 is 0 Å². The summed E-state index contributed by atoms with van der Waals surface area (Å²) in [5.41, 5.74) is 22.2. The molecule has 0 spiro atoms. The van der Waals surface area contributed by atoms with Gasteiger partial charge in [-0.25, -0.2) is 4.98 Å². The number of benzene rings is 8. The van der Waals surface area contributed by atoms with Crippen LogP contribution in [-0.4, -0.2) is 24.6 Å². The van der Waals surface area contributed by atoms with Crippen LogP contribution in [0.15, 0.2) is 213 Å². The predicted octanol–water partition coefficient (Wildman–Crippen LogP) is 19.0. The maximum absolute atomic E-state index is 11.0. The molecule has 0 atom stereocenters. The Morgan fingerprint density at radius 3 is 1.39 bits per heavy atom. The standard InChI is InChI=1S/C37H33N2O.C34H31N2.Ir/c1-24(2)31-22-28(26-14-7-5-8-15-26)23-32(25(3)4)36(31)39-33-20-13-19-29(27-16-9-6-10-17-27)35(33)38-37(39)30-18-11-12-21-34(30)40;1-23(2)30-21-26(25-12-6-5-7-13-25)22-31(24(3)4)34(30)29-19-27(32-14-8-10-16-35-32)18-28(20-29)33-15-9-11-17-36-33;/h5-16,18-25,40H,1-4H3;5-17,19-24H,1-4H3;/q2*-1;. The van der Waals surface area contributed by atoms with Gasteiger partial charge in [0.25, 0.3) is 0 Å². The van der Waals surface area contributed by atoms with Crippen molar-refractivity contribution in [2.75, 3.05) is 0 Å². The van der Waals surface area contributed by atoms with Gasteiger partial charge in [0.05, 0.1) is 22.3 Å². The van der Waals surface area contributed by atoms with Crippen LogP contribution in [0.25, 0.3) is 95.1 Å². The second-order valence-corrected chi connectivity index (χ2v) is 20.7. The number of rotatable bonds is 12. The van der Waals surface area contributed by atoms with Crippen LogP contribution in [0.5, 0.6) is 5.75 Å². The molecule has 3 aromatic heterocycles. The third-order valence-electron chi connectivity index (χ3n) is 14.2. The van der Waals surface area contributed by atoms with Gasteiger partial charge in [0.1, 0.15) is 11.6 Å². The summed E-state index contributed by atoms with van der Waals surface area (Å²) in [7, 11) is 0. The fraction of sp³-hybridized carbons (Fsp3) is 0.169. The molecule has 385 valence electrons. The minimum atomic E-state index is 0. The van der Waals surface area contributed by atoms with Crippen molar-refractivity contribution in [1.29, 1.82) is 0 Å². The molecule has 0 aliphatic heterocycles. The van der Waals surface area contributed by atoms with Crippen molar-refractivity contribution < 1.29 is 25.2 Å². The Bertz CT molecular complexity index is 3640. The van der Waals surface area contributed by atoms with Crippen LogP contribution >= 0.6 is 0 Å². The zero-order chi connectivity index (χ0) is 52.9. The molecule has 6 heteroatoms. The monoisotopic (exact) mass is 1180 g/mol. The van der Waals surface area contributed by atoms with Crippen molar-refractivity contribution in [2.24, 2.45) is 0 Å². The third-order valence-corrected chi connectivity index (χ3v) is 14.2. The van der Waals surface area contributed by atoms with Crippen LogP contribution in [0.1, 0.15) is 101 Å². The van der Waals surface area contributed by atoms with Crippen LogP contribution in [0, 0.1) is 12.1 Å². The van der Waals surface area contributed by atoms with Gasteiger partial charge in [0.2, 0.25) is 0 Å². The Labute approximate surface area is 468 Å². The summed E-state index contributed by atoms with van der Waals surface area (Å²) in [5.74, 6) is 2.19. The summed E-state index contributed by atoms with van der Waals surface area (Å²) in [6.07, 6.45) is 3.67. The van der Waals surface area contributed by atoms with E-state index in [1.807, 2.05) is 85.2 Å². The van der Waals surface area contributed by atoms with Gasteiger partial charge in [-0.1, -0.05) is 199 Å². The van der Waals surface area contributed by atoms with E-state index in [1.165, 1.54) is 55.6 Å². The van der Waals surface area contributed by atoms with E-state index >= 15 is 0 Å². The second kappa shape index (κ2) is 23.9. The van der Waals surface area contributed by atoms with Gasteiger partial charge in [0, 0.05) is 43.9 Å². The largest absolute Gasteiger partial charge is 0.507 e. The normalized spacial score (nSPS) is 11.3. The number of para-hydroxylation sites is 2. The number of imidazole rings is 1. The summed E-state index contributed by atoms with van der Waals surface area (Å²) < 4.78 is 2.27. The van der Waals surface area contributed by atoms with E-state index in [2.05, 4.69) is 203 Å². The first-order valence-electron chi connectivity index (χ1n) is 26.6. The topological polar surface area (TPSA) is 63.8 Å². The molecule has 0 aliphatic carbocycles. The van der Waals surface area contributed by atoms with Gasteiger partial charge in [0.15, 0.2) is 0 Å². The first-order chi connectivity index (χ1) is 36.9. The SMILES string of the molecule is CC(C)c1cc(-c2ccccc2)cc(C(C)C)c1-c1cc(-c2ccccn2)[c-]c(-c2ccccn2)c1.CC(C)c1cc(-c2ccccc2)cc(C(C)C)c1-n1c(-c2ccccc2O)nc2c(-c3[c-]cccc3)cccc21.[Ir]. The summed E-state index contributed by atoms with van der Waals surface area (Å²) in [6.45, 7) is 18.1. The molecule has 0 saturated carbocycles. The molecule has 1 N–H and O–H groups in total. The van der Waals surface area contributed by atoms with Gasteiger partial charge in [-0.2, -0.15) is 0 Å². The van der Waals surface area contributed by atoms with Crippen molar-refractivity contribution in [3.05, 3.63) is 247 Å². The minimum Gasteiger partial charge on any atom is -0.507 e. The van der Waals surface area contributed by atoms with Crippen molar-refractivity contribution in [1.82, 2.24) is 19.5 Å². The number of phenolic OH excluding ortho intramolecular Hbond substituents is 1. The van der Waals surface area contributed by atoms with E-state index in [0.717, 1.165) is 56.2 Å². The minimum absolute atomic E-state index is 0. The molecule has 0 fully saturated rings. The summed E-state index contributed by atoms with van der Waals surface area (Å²) >= 11 is 0. The molecule has 11 rings (SSSR count). The molecule has 11 aromatic rings. The molecule has 0 amide bonds. The number of nitrogens with zero attached hydrogens (tertiary/aromatic N) is 4. The molecule has 0 saturated heterocycles. The number of aromatic hydroxyl groups is 1. The molecule has 0 unspecified atom stereocenters.